The Labute approximate surface area is 199 Å². The van der Waals surface area contributed by atoms with Crippen molar-refractivity contribution in [1.29, 1.82) is 0 Å². The first kappa shape index (κ1) is 25.1. The van der Waals surface area contributed by atoms with Gasteiger partial charge in [-0.25, -0.2) is 19.6 Å². The summed E-state index contributed by atoms with van der Waals surface area (Å²) < 4.78 is 10.7. The molecule has 1 N–H and O–H groups in total. The Kier molecular flexibility index (Phi) is 7.24. The van der Waals surface area contributed by atoms with Gasteiger partial charge >= 0.3 is 12.1 Å². The molecule has 1 fully saturated rings. The van der Waals surface area contributed by atoms with Crippen LogP contribution in [-0.4, -0.2) is 56.6 Å². The summed E-state index contributed by atoms with van der Waals surface area (Å²) in [6, 6.07) is 6.25. The number of likely N-dealkylation sites (tertiary alicyclic amines) is 1. The molecule has 1 aliphatic rings. The van der Waals surface area contributed by atoms with Gasteiger partial charge < -0.3 is 14.8 Å². The first-order chi connectivity index (χ1) is 15.8. The molecule has 2 aromatic heterocycles. The van der Waals surface area contributed by atoms with Crippen LogP contribution in [0.25, 0.3) is 11.1 Å². The second-order valence-corrected chi connectivity index (χ2v) is 10.2. The van der Waals surface area contributed by atoms with E-state index in [2.05, 4.69) is 15.3 Å². The second-order valence-electron chi connectivity index (χ2n) is 10.2. The summed E-state index contributed by atoms with van der Waals surface area (Å²) in [5.41, 5.74) is 0.547. The van der Waals surface area contributed by atoms with Gasteiger partial charge in [0.2, 0.25) is 5.91 Å². The van der Waals surface area contributed by atoms with Gasteiger partial charge in [0.05, 0.1) is 0 Å². The number of hydrogen-bond donors (Lipinski definition) is 1. The first-order valence-corrected chi connectivity index (χ1v) is 11.3. The number of aromatic nitrogens is 2. The zero-order valence-electron chi connectivity index (χ0n) is 20.5. The van der Waals surface area contributed by atoms with Crippen molar-refractivity contribution in [2.75, 3.05) is 11.9 Å². The van der Waals surface area contributed by atoms with E-state index in [0.29, 0.717) is 18.8 Å². The van der Waals surface area contributed by atoms with Crippen molar-refractivity contribution >= 4 is 23.8 Å². The minimum atomic E-state index is -0.627. The molecule has 1 atom stereocenters. The summed E-state index contributed by atoms with van der Waals surface area (Å²) in [5, 5.41) is 2.78. The number of nitrogens with zero attached hydrogens (tertiary/aromatic N) is 3. The lowest BCUT2D eigenvalue weighted by atomic mass is 10.1. The van der Waals surface area contributed by atoms with Crippen molar-refractivity contribution in [3.8, 4) is 11.1 Å². The van der Waals surface area contributed by atoms with E-state index in [-0.39, 0.29) is 11.6 Å². The second kappa shape index (κ2) is 9.79. The van der Waals surface area contributed by atoms with Gasteiger partial charge in [0.25, 0.3) is 0 Å². The fourth-order valence-electron chi connectivity index (χ4n) is 3.44. The normalized spacial score (nSPS) is 16.2. The fraction of sp³-hybridized carbons (Fsp3) is 0.480. The van der Waals surface area contributed by atoms with E-state index in [0.717, 1.165) is 17.5 Å². The van der Waals surface area contributed by atoms with Gasteiger partial charge in [-0.3, -0.25) is 9.69 Å². The van der Waals surface area contributed by atoms with Gasteiger partial charge in [-0.15, -0.1) is 0 Å². The molecule has 9 nitrogen and oxygen atoms in total. The molecule has 1 aliphatic heterocycles. The Bertz CT molecular complexity index is 1040. The molecule has 0 bridgehead atoms. The molecule has 0 saturated carbocycles. The number of amides is 2. The lowest BCUT2D eigenvalue weighted by Gasteiger charge is -2.27. The zero-order chi connectivity index (χ0) is 25.1. The predicted octanol–water partition coefficient (Wildman–Crippen LogP) is 4.44. The lowest BCUT2D eigenvalue weighted by Crippen LogP contribution is -2.45. The molecule has 3 heterocycles. The van der Waals surface area contributed by atoms with Gasteiger partial charge in [0.1, 0.15) is 28.8 Å². The number of hydrogen-bond acceptors (Lipinski definition) is 7. The van der Waals surface area contributed by atoms with E-state index in [9.17, 15) is 14.4 Å². The Hall–Kier alpha value is -3.49. The number of anilines is 1. The monoisotopic (exact) mass is 468 g/mol. The summed E-state index contributed by atoms with van der Waals surface area (Å²) in [7, 11) is 0. The van der Waals surface area contributed by atoms with Crippen LogP contribution in [0.4, 0.5) is 10.6 Å². The molecule has 0 spiro atoms. The minimum Gasteiger partial charge on any atom is -0.455 e. The molecule has 9 heteroatoms. The van der Waals surface area contributed by atoms with Crippen molar-refractivity contribution in [2.24, 2.45) is 0 Å². The molecule has 2 amide bonds. The van der Waals surface area contributed by atoms with Crippen LogP contribution in [0.1, 0.15) is 64.9 Å². The van der Waals surface area contributed by atoms with Crippen molar-refractivity contribution in [3.63, 3.8) is 0 Å². The number of nitrogens with one attached hydrogen (secondary N) is 1. The van der Waals surface area contributed by atoms with Gasteiger partial charge in [-0.1, -0.05) is 6.07 Å². The molecule has 0 aliphatic carbocycles. The maximum Gasteiger partial charge on any atom is 0.410 e. The summed E-state index contributed by atoms with van der Waals surface area (Å²) >= 11 is 0. The van der Waals surface area contributed by atoms with Crippen LogP contribution in [0.3, 0.4) is 0 Å². The van der Waals surface area contributed by atoms with Gasteiger partial charge in [0.15, 0.2) is 0 Å². The van der Waals surface area contributed by atoms with E-state index in [1.165, 1.54) is 4.90 Å². The number of carbonyl (C=O) groups excluding carboxylic acids is 3. The SMILES string of the molecule is CC(C)(C)OC(=O)c1ccc(-c2ccc(NC(=O)[C@H]3CCCN3C(=O)OC(C)(C)C)nc2)cn1. The van der Waals surface area contributed by atoms with Crippen LogP contribution in [0, 0.1) is 0 Å². The van der Waals surface area contributed by atoms with Crippen LogP contribution in [0.5, 0.6) is 0 Å². The van der Waals surface area contributed by atoms with Gasteiger partial charge in [-0.05, 0) is 72.6 Å². The van der Waals surface area contributed by atoms with Crippen molar-refractivity contribution < 1.29 is 23.9 Å². The summed E-state index contributed by atoms with van der Waals surface area (Å²) in [4.78, 5) is 47.3. The zero-order valence-corrected chi connectivity index (χ0v) is 20.5. The number of pyridine rings is 2. The molecule has 1 saturated heterocycles. The van der Waals surface area contributed by atoms with Crippen LogP contribution < -0.4 is 5.32 Å². The van der Waals surface area contributed by atoms with Crippen LogP contribution in [-0.2, 0) is 14.3 Å². The van der Waals surface area contributed by atoms with E-state index in [1.54, 1.807) is 78.2 Å². The standard InChI is InChI=1S/C25H32N4O5/c1-24(2,3)33-22(31)18-11-9-16(14-26-18)17-10-12-20(27-15-17)28-21(30)19-8-7-13-29(19)23(32)34-25(4,5)6/h9-12,14-15,19H,7-8,13H2,1-6H3,(H,27,28,30)/t19-/m1/s1. The van der Waals surface area contributed by atoms with E-state index < -0.39 is 29.3 Å². The van der Waals surface area contributed by atoms with Crippen molar-refractivity contribution in [1.82, 2.24) is 14.9 Å². The Morgan fingerprint density at radius 1 is 0.912 bits per heavy atom. The van der Waals surface area contributed by atoms with E-state index in [4.69, 9.17) is 9.47 Å². The molecule has 3 rings (SSSR count). The van der Waals surface area contributed by atoms with Crippen molar-refractivity contribution in [2.45, 2.75) is 71.6 Å². The average molecular weight is 469 g/mol. The highest BCUT2D eigenvalue weighted by molar-refractivity contribution is 5.96. The summed E-state index contributed by atoms with van der Waals surface area (Å²) in [6.07, 6.45) is 4.00. The summed E-state index contributed by atoms with van der Waals surface area (Å²) in [5.74, 6) is -0.405. The maximum atomic E-state index is 12.8. The molecule has 0 radical (unpaired) electrons. The molecule has 0 unspecified atom stereocenters. The third-order valence-corrected chi connectivity index (χ3v) is 4.90. The smallest absolute Gasteiger partial charge is 0.410 e. The Morgan fingerprint density at radius 3 is 2.06 bits per heavy atom. The molecule has 34 heavy (non-hydrogen) atoms. The number of esters is 1. The third kappa shape index (κ3) is 6.76. The van der Waals surface area contributed by atoms with Crippen LogP contribution in [0.15, 0.2) is 36.7 Å². The molecule has 2 aromatic rings. The highest BCUT2D eigenvalue weighted by atomic mass is 16.6. The highest BCUT2D eigenvalue weighted by Gasteiger charge is 2.36. The van der Waals surface area contributed by atoms with E-state index >= 15 is 0 Å². The topological polar surface area (TPSA) is 111 Å². The quantitative estimate of drug-likeness (QED) is 0.661. The molecule has 182 valence electrons. The molecular formula is C25H32N4O5. The van der Waals surface area contributed by atoms with Crippen LogP contribution >= 0.6 is 0 Å². The van der Waals surface area contributed by atoms with Gasteiger partial charge in [0, 0.05) is 30.1 Å². The Balaban J connectivity index is 1.63. The number of rotatable bonds is 4. The Morgan fingerprint density at radius 2 is 1.53 bits per heavy atom. The first-order valence-electron chi connectivity index (χ1n) is 11.3. The third-order valence-electron chi connectivity index (χ3n) is 4.90. The summed E-state index contributed by atoms with van der Waals surface area (Å²) in [6.45, 7) is 11.3. The van der Waals surface area contributed by atoms with Crippen LogP contribution in [0.2, 0.25) is 0 Å². The van der Waals surface area contributed by atoms with E-state index in [1.807, 2.05) is 0 Å². The maximum absolute atomic E-state index is 12.8. The molecular weight excluding hydrogens is 436 g/mol. The number of carbonyl (C=O) groups is 3. The predicted molar refractivity (Wildman–Crippen MR) is 127 cm³/mol. The minimum absolute atomic E-state index is 0.224. The fourth-order valence-corrected chi connectivity index (χ4v) is 3.44. The van der Waals surface area contributed by atoms with Crippen molar-refractivity contribution in [3.05, 3.63) is 42.4 Å². The number of ether oxygens (including phenoxy) is 2. The molecule has 0 aromatic carbocycles. The largest absolute Gasteiger partial charge is 0.455 e. The lowest BCUT2D eigenvalue weighted by molar-refractivity contribution is -0.120. The highest BCUT2D eigenvalue weighted by Crippen LogP contribution is 2.23. The average Bonchev–Trinajstić information content (AvgIpc) is 3.22. The van der Waals surface area contributed by atoms with Gasteiger partial charge in [-0.2, -0.15) is 0 Å².